The molecule has 3 rings (SSSR count). The van der Waals surface area contributed by atoms with E-state index in [0.717, 1.165) is 23.1 Å². The van der Waals surface area contributed by atoms with Crippen LogP contribution >= 0.6 is 0 Å². The van der Waals surface area contributed by atoms with Gasteiger partial charge in [0.05, 0.1) is 6.10 Å². The Labute approximate surface area is 108 Å². The third-order valence-corrected chi connectivity index (χ3v) is 3.23. The summed E-state index contributed by atoms with van der Waals surface area (Å²) in [6.07, 6.45) is 0.607. The monoisotopic (exact) mass is 230 g/mol. The summed E-state index contributed by atoms with van der Waals surface area (Å²) in [7, 11) is 5.45. The highest BCUT2D eigenvalue weighted by atomic mass is 16.4. The van der Waals surface area contributed by atoms with Crippen LogP contribution < -0.4 is 0 Å². The van der Waals surface area contributed by atoms with Crippen LogP contribution in [0, 0.1) is 11.8 Å². The van der Waals surface area contributed by atoms with Crippen LogP contribution in [0.1, 0.15) is 28.4 Å². The second-order valence-electron chi connectivity index (χ2n) is 4.32. The number of hydrogen-bond donors (Lipinski definition) is 0. The van der Waals surface area contributed by atoms with E-state index in [0.29, 0.717) is 0 Å². The first-order valence-electron chi connectivity index (χ1n) is 5.93. The molecular weight excluding hydrogens is 219 g/mol. The number of fused-ring (bicyclic) bond motifs is 2. The van der Waals surface area contributed by atoms with Gasteiger partial charge in [-0.2, -0.15) is 0 Å². The predicted molar refractivity (Wildman–Crippen MR) is 72.1 cm³/mol. The molecule has 1 aliphatic rings. The van der Waals surface area contributed by atoms with Crippen LogP contribution in [0.5, 0.6) is 0 Å². The normalized spacial score (nSPS) is 16.6. The lowest BCUT2D eigenvalue weighted by atomic mass is 9.92. The maximum absolute atomic E-state index is 5.45. The molecule has 84 valence electrons. The average molecular weight is 230 g/mol. The highest BCUT2D eigenvalue weighted by molar-refractivity contribution is 5.98. The summed E-state index contributed by atoms with van der Waals surface area (Å²) in [4.78, 5) is 0. The Morgan fingerprint density at radius 1 is 0.944 bits per heavy atom. The molecule has 2 aromatic carbocycles. The molecule has 1 aliphatic carbocycles. The molecular formula is C16H11BO. The third kappa shape index (κ3) is 1.94. The van der Waals surface area contributed by atoms with Crippen molar-refractivity contribution in [3.8, 4) is 11.8 Å². The van der Waals surface area contributed by atoms with Crippen LogP contribution in [0.3, 0.4) is 0 Å². The van der Waals surface area contributed by atoms with E-state index < -0.39 is 0 Å². The highest BCUT2D eigenvalue weighted by Crippen LogP contribution is 2.27. The van der Waals surface area contributed by atoms with Crippen LogP contribution in [0.15, 0.2) is 48.5 Å². The summed E-state index contributed by atoms with van der Waals surface area (Å²) in [6, 6.07) is 16.1. The molecule has 0 saturated carbocycles. The van der Waals surface area contributed by atoms with Gasteiger partial charge in [0.15, 0.2) is 0 Å². The first-order chi connectivity index (χ1) is 8.88. The van der Waals surface area contributed by atoms with Crippen molar-refractivity contribution >= 4 is 8.05 Å². The molecule has 0 aromatic heterocycles. The molecule has 0 N–H and O–H groups in total. The molecule has 1 unspecified atom stereocenters. The van der Waals surface area contributed by atoms with Crippen molar-refractivity contribution in [2.45, 2.75) is 12.5 Å². The minimum absolute atomic E-state index is 0.142. The zero-order valence-corrected chi connectivity index (χ0v) is 9.89. The zero-order chi connectivity index (χ0) is 12.4. The van der Waals surface area contributed by atoms with Crippen LogP contribution in [0.4, 0.5) is 0 Å². The molecule has 0 saturated heterocycles. The van der Waals surface area contributed by atoms with E-state index in [1.165, 1.54) is 5.56 Å². The van der Waals surface area contributed by atoms with Crippen LogP contribution in [0.2, 0.25) is 0 Å². The van der Waals surface area contributed by atoms with E-state index in [4.69, 9.17) is 12.7 Å². The average Bonchev–Trinajstić information content (AvgIpc) is 2.41. The Bertz CT molecular complexity index is 637. The summed E-state index contributed by atoms with van der Waals surface area (Å²) in [5, 5.41) is 0. The van der Waals surface area contributed by atoms with Gasteiger partial charge in [-0.05, 0) is 23.3 Å². The van der Waals surface area contributed by atoms with Crippen molar-refractivity contribution in [3.05, 3.63) is 70.8 Å². The minimum Gasteiger partial charge on any atom is -0.441 e. The van der Waals surface area contributed by atoms with E-state index in [-0.39, 0.29) is 6.10 Å². The smallest absolute Gasteiger partial charge is 0.283 e. The second-order valence-corrected chi connectivity index (χ2v) is 4.32. The van der Waals surface area contributed by atoms with Gasteiger partial charge in [-0.3, -0.25) is 0 Å². The molecule has 0 spiro atoms. The predicted octanol–water partition coefficient (Wildman–Crippen LogP) is 2.78. The van der Waals surface area contributed by atoms with Gasteiger partial charge >= 0.3 is 0 Å². The fourth-order valence-electron chi connectivity index (χ4n) is 2.28. The lowest BCUT2D eigenvalue weighted by molar-refractivity contribution is 0.227. The number of benzene rings is 2. The van der Waals surface area contributed by atoms with E-state index in [9.17, 15) is 0 Å². The second kappa shape index (κ2) is 4.72. The molecule has 0 fully saturated rings. The van der Waals surface area contributed by atoms with Crippen molar-refractivity contribution in [1.82, 2.24) is 0 Å². The zero-order valence-electron chi connectivity index (χ0n) is 9.89. The van der Waals surface area contributed by atoms with Gasteiger partial charge in [0, 0.05) is 17.5 Å². The Hall–Kier alpha value is -1.98. The fourth-order valence-corrected chi connectivity index (χ4v) is 2.28. The Balaban J connectivity index is 2.19. The topological polar surface area (TPSA) is 9.23 Å². The maximum atomic E-state index is 5.45. The van der Waals surface area contributed by atoms with E-state index in [1.807, 2.05) is 42.5 Å². The van der Waals surface area contributed by atoms with Crippen molar-refractivity contribution in [3.63, 3.8) is 0 Å². The standard InChI is InChI=1S/C16H11BO/c17-18-16-11-14-7-2-1-5-12(14)9-10-13-6-3-4-8-15(13)16/h1-8,16H,11H2. The van der Waals surface area contributed by atoms with Gasteiger partial charge in [-0.1, -0.05) is 48.2 Å². The van der Waals surface area contributed by atoms with Crippen molar-refractivity contribution in [2.24, 2.45) is 0 Å². The molecule has 0 heterocycles. The first kappa shape index (κ1) is 11.1. The summed E-state index contributed by atoms with van der Waals surface area (Å²) in [5.74, 6) is 6.42. The molecule has 0 amide bonds. The van der Waals surface area contributed by atoms with E-state index in [1.54, 1.807) is 0 Å². The van der Waals surface area contributed by atoms with Crippen molar-refractivity contribution in [2.75, 3.05) is 0 Å². The molecule has 1 nitrogen and oxygen atoms in total. The van der Waals surface area contributed by atoms with Crippen LogP contribution in [0.25, 0.3) is 0 Å². The van der Waals surface area contributed by atoms with E-state index in [2.05, 4.69) is 17.9 Å². The number of rotatable bonds is 1. The summed E-state index contributed by atoms with van der Waals surface area (Å²) >= 11 is 0. The minimum atomic E-state index is -0.142. The molecule has 0 aliphatic heterocycles. The summed E-state index contributed by atoms with van der Waals surface area (Å²) in [5.41, 5.74) is 4.27. The lowest BCUT2D eigenvalue weighted by Gasteiger charge is -2.20. The summed E-state index contributed by atoms with van der Waals surface area (Å²) < 4.78 is 5.14. The highest BCUT2D eigenvalue weighted by Gasteiger charge is 2.16. The molecule has 2 radical (unpaired) electrons. The fraction of sp³-hybridized carbons (Fsp3) is 0.125. The van der Waals surface area contributed by atoms with Crippen LogP contribution in [-0.4, -0.2) is 8.05 Å². The van der Waals surface area contributed by atoms with Gasteiger partial charge in [0.1, 0.15) is 0 Å². The third-order valence-electron chi connectivity index (χ3n) is 3.23. The van der Waals surface area contributed by atoms with Crippen LogP contribution in [-0.2, 0) is 11.1 Å². The van der Waals surface area contributed by atoms with Gasteiger partial charge in [0.2, 0.25) is 0 Å². The quantitative estimate of drug-likeness (QED) is 0.540. The molecule has 2 heteroatoms. The SMILES string of the molecule is [B]OC1Cc2ccccc2C#Cc2ccccc21. The van der Waals surface area contributed by atoms with Crippen molar-refractivity contribution in [1.29, 1.82) is 0 Å². The lowest BCUT2D eigenvalue weighted by Crippen LogP contribution is -2.10. The Morgan fingerprint density at radius 2 is 1.61 bits per heavy atom. The van der Waals surface area contributed by atoms with Gasteiger partial charge in [-0.25, -0.2) is 0 Å². The summed E-state index contributed by atoms with van der Waals surface area (Å²) in [6.45, 7) is 0. The molecule has 1 atom stereocenters. The largest absolute Gasteiger partial charge is 0.441 e. The Kier molecular flexibility index (Phi) is 2.92. The first-order valence-corrected chi connectivity index (χ1v) is 5.93. The molecule has 18 heavy (non-hydrogen) atoms. The van der Waals surface area contributed by atoms with Crippen molar-refractivity contribution < 1.29 is 4.65 Å². The van der Waals surface area contributed by atoms with E-state index >= 15 is 0 Å². The molecule has 2 aromatic rings. The maximum Gasteiger partial charge on any atom is 0.283 e. The van der Waals surface area contributed by atoms with Gasteiger partial charge in [-0.15, -0.1) is 0 Å². The Morgan fingerprint density at radius 3 is 2.44 bits per heavy atom. The number of hydrogen-bond acceptors (Lipinski definition) is 1. The van der Waals surface area contributed by atoms with Gasteiger partial charge < -0.3 is 4.65 Å². The van der Waals surface area contributed by atoms with Gasteiger partial charge in [0.25, 0.3) is 8.05 Å². The molecule has 0 bridgehead atoms.